The van der Waals surface area contributed by atoms with Crippen LogP contribution >= 0.6 is 11.6 Å². The number of benzene rings is 1. The smallest absolute Gasteiger partial charge is 0.348 e. The Kier molecular flexibility index (Phi) is 2.72. The van der Waals surface area contributed by atoms with Crippen molar-refractivity contribution in [1.82, 2.24) is 19.5 Å². The van der Waals surface area contributed by atoms with Crippen LogP contribution in [0.2, 0.25) is 5.28 Å². The molecule has 0 bridgehead atoms. The average molecular weight is 276 g/mol. The van der Waals surface area contributed by atoms with Crippen LogP contribution in [-0.2, 0) is 6.54 Å². The minimum atomic E-state index is -0.518. The highest BCUT2D eigenvalue weighted by Gasteiger charge is 2.14. The summed E-state index contributed by atoms with van der Waals surface area (Å²) in [6.45, 7) is 0.478. The zero-order valence-electron chi connectivity index (χ0n) is 9.80. The van der Waals surface area contributed by atoms with Crippen LogP contribution in [0.1, 0.15) is 5.56 Å². The number of hydrogen-bond donors (Lipinski definition) is 2. The summed E-state index contributed by atoms with van der Waals surface area (Å²) in [5.41, 5.74) is 7.00. The summed E-state index contributed by atoms with van der Waals surface area (Å²) in [6.07, 6.45) is 0. The van der Waals surface area contributed by atoms with Crippen LogP contribution in [0.5, 0.6) is 0 Å². The van der Waals surface area contributed by atoms with Crippen LogP contribution in [0.15, 0.2) is 35.1 Å². The first kappa shape index (κ1) is 11.7. The van der Waals surface area contributed by atoms with Crippen LogP contribution in [0.25, 0.3) is 11.2 Å². The van der Waals surface area contributed by atoms with Crippen LogP contribution in [-0.4, -0.2) is 19.5 Å². The molecule has 0 atom stereocenters. The van der Waals surface area contributed by atoms with Crippen molar-refractivity contribution in [2.24, 2.45) is 0 Å². The van der Waals surface area contributed by atoms with Crippen molar-refractivity contribution in [2.45, 2.75) is 6.54 Å². The average Bonchev–Trinajstić information content (AvgIpc) is 2.69. The SMILES string of the molecule is Nc1[nH]c(=O)nc2c1nc(Cl)n2Cc1ccccc1. The molecule has 19 heavy (non-hydrogen) atoms. The molecule has 0 spiro atoms. The van der Waals surface area contributed by atoms with Crippen molar-refractivity contribution >= 4 is 28.6 Å². The molecule has 96 valence electrons. The molecule has 2 heterocycles. The monoisotopic (exact) mass is 275 g/mol. The fourth-order valence-electron chi connectivity index (χ4n) is 1.92. The number of fused-ring (bicyclic) bond motifs is 1. The molecule has 0 aliphatic rings. The molecule has 0 fully saturated rings. The van der Waals surface area contributed by atoms with E-state index in [4.69, 9.17) is 17.3 Å². The number of nitrogens with two attached hydrogens (primary N) is 1. The van der Waals surface area contributed by atoms with E-state index in [1.54, 1.807) is 4.57 Å². The van der Waals surface area contributed by atoms with Gasteiger partial charge in [-0.1, -0.05) is 30.3 Å². The Morgan fingerprint density at radius 1 is 1.26 bits per heavy atom. The summed E-state index contributed by atoms with van der Waals surface area (Å²) in [5.74, 6) is 0.170. The lowest BCUT2D eigenvalue weighted by Gasteiger charge is -2.04. The maximum absolute atomic E-state index is 11.4. The highest BCUT2D eigenvalue weighted by Crippen LogP contribution is 2.21. The van der Waals surface area contributed by atoms with Gasteiger partial charge in [-0.25, -0.2) is 9.78 Å². The molecule has 0 aliphatic heterocycles. The van der Waals surface area contributed by atoms with Crippen molar-refractivity contribution in [2.75, 3.05) is 5.73 Å². The van der Waals surface area contributed by atoms with Gasteiger partial charge < -0.3 is 5.73 Å². The quantitative estimate of drug-likeness (QED) is 0.692. The number of hydrogen-bond acceptors (Lipinski definition) is 4. The van der Waals surface area contributed by atoms with Crippen LogP contribution < -0.4 is 11.4 Å². The summed E-state index contributed by atoms with van der Waals surface area (Å²) >= 11 is 6.08. The molecule has 7 heteroatoms. The Morgan fingerprint density at radius 3 is 2.74 bits per heavy atom. The molecule has 0 saturated heterocycles. The van der Waals surface area contributed by atoms with E-state index < -0.39 is 5.69 Å². The summed E-state index contributed by atoms with van der Waals surface area (Å²) in [5, 5.41) is 0.247. The van der Waals surface area contributed by atoms with E-state index in [1.165, 1.54) is 0 Å². The minimum absolute atomic E-state index is 0.170. The summed E-state index contributed by atoms with van der Waals surface area (Å²) in [7, 11) is 0. The van der Waals surface area contributed by atoms with Crippen molar-refractivity contribution < 1.29 is 0 Å². The lowest BCUT2D eigenvalue weighted by atomic mass is 10.2. The first-order valence-electron chi connectivity index (χ1n) is 5.60. The molecule has 3 rings (SSSR count). The van der Waals surface area contributed by atoms with E-state index >= 15 is 0 Å². The zero-order chi connectivity index (χ0) is 13.4. The summed E-state index contributed by atoms with van der Waals surface area (Å²) in [6, 6.07) is 9.70. The predicted octanol–water partition coefficient (Wildman–Crippen LogP) is 1.40. The van der Waals surface area contributed by atoms with E-state index in [2.05, 4.69) is 15.0 Å². The van der Waals surface area contributed by atoms with Crippen LogP contribution in [0.3, 0.4) is 0 Å². The van der Waals surface area contributed by atoms with E-state index in [9.17, 15) is 4.79 Å². The van der Waals surface area contributed by atoms with Gasteiger partial charge in [0.05, 0.1) is 6.54 Å². The van der Waals surface area contributed by atoms with Gasteiger partial charge in [-0.2, -0.15) is 4.98 Å². The third kappa shape index (κ3) is 2.06. The molecular formula is C12H10ClN5O. The standard InChI is InChI=1S/C12H10ClN5O/c13-11-15-8-9(14)16-12(19)17-10(8)18(11)6-7-4-2-1-3-5-7/h1-5H,6H2,(H3,14,16,17,19). The van der Waals surface area contributed by atoms with E-state index in [0.29, 0.717) is 17.7 Å². The van der Waals surface area contributed by atoms with Gasteiger partial charge in [-0.15, -0.1) is 0 Å². The molecule has 3 aromatic rings. The van der Waals surface area contributed by atoms with Crippen molar-refractivity contribution in [3.63, 3.8) is 0 Å². The van der Waals surface area contributed by atoms with Gasteiger partial charge in [0.1, 0.15) is 11.3 Å². The van der Waals surface area contributed by atoms with E-state index in [-0.39, 0.29) is 11.1 Å². The third-order valence-corrected chi connectivity index (χ3v) is 3.07. The lowest BCUT2D eigenvalue weighted by Crippen LogP contribution is -2.14. The first-order valence-corrected chi connectivity index (χ1v) is 5.98. The van der Waals surface area contributed by atoms with Crippen molar-refractivity contribution in [1.29, 1.82) is 0 Å². The number of nitrogens with zero attached hydrogens (tertiary/aromatic N) is 3. The molecule has 3 N–H and O–H groups in total. The van der Waals surface area contributed by atoms with Gasteiger partial charge in [0.15, 0.2) is 5.65 Å². The molecule has 2 aromatic heterocycles. The number of H-pyrrole nitrogens is 1. The van der Waals surface area contributed by atoms with Gasteiger partial charge >= 0.3 is 5.69 Å². The molecule has 0 radical (unpaired) electrons. The first-order chi connectivity index (χ1) is 9.15. The van der Waals surface area contributed by atoms with Gasteiger partial charge in [0.2, 0.25) is 5.28 Å². The molecule has 0 saturated carbocycles. The number of imidazole rings is 1. The van der Waals surface area contributed by atoms with Crippen molar-refractivity contribution in [3.8, 4) is 0 Å². The van der Waals surface area contributed by atoms with Gasteiger partial charge in [-0.05, 0) is 17.2 Å². The maximum Gasteiger partial charge on any atom is 0.348 e. The molecule has 0 amide bonds. The fraction of sp³-hybridized carbons (Fsp3) is 0.0833. The largest absolute Gasteiger partial charge is 0.383 e. The number of anilines is 1. The third-order valence-electron chi connectivity index (χ3n) is 2.78. The Hall–Kier alpha value is -2.34. The topological polar surface area (TPSA) is 89.6 Å². The molecule has 1 aromatic carbocycles. The Morgan fingerprint density at radius 2 is 2.00 bits per heavy atom. The Labute approximate surface area is 112 Å². The summed E-state index contributed by atoms with van der Waals surface area (Å²) in [4.78, 5) is 21.8. The normalized spacial score (nSPS) is 11.0. The second-order valence-electron chi connectivity index (χ2n) is 4.08. The summed E-state index contributed by atoms with van der Waals surface area (Å²) < 4.78 is 1.65. The predicted molar refractivity (Wildman–Crippen MR) is 73.1 cm³/mol. The highest BCUT2D eigenvalue weighted by molar-refractivity contribution is 6.29. The number of halogens is 1. The molecular weight excluding hydrogens is 266 g/mol. The minimum Gasteiger partial charge on any atom is -0.383 e. The number of nitrogens with one attached hydrogen (secondary N) is 1. The second kappa shape index (κ2) is 4.40. The number of aromatic nitrogens is 4. The van der Waals surface area contributed by atoms with Gasteiger partial charge in [-0.3, -0.25) is 9.55 Å². The van der Waals surface area contributed by atoms with Crippen LogP contribution in [0, 0.1) is 0 Å². The molecule has 6 nitrogen and oxygen atoms in total. The Bertz CT molecular complexity index is 793. The number of nitrogen functional groups attached to an aromatic ring is 1. The molecule has 0 unspecified atom stereocenters. The van der Waals surface area contributed by atoms with Gasteiger partial charge in [0.25, 0.3) is 0 Å². The van der Waals surface area contributed by atoms with Crippen molar-refractivity contribution in [3.05, 3.63) is 51.7 Å². The second-order valence-corrected chi connectivity index (χ2v) is 4.42. The maximum atomic E-state index is 11.4. The zero-order valence-corrected chi connectivity index (χ0v) is 10.6. The van der Waals surface area contributed by atoms with E-state index in [1.807, 2.05) is 30.3 Å². The Balaban J connectivity index is 2.18. The molecule has 0 aliphatic carbocycles. The lowest BCUT2D eigenvalue weighted by molar-refractivity contribution is 0.812. The number of rotatable bonds is 2. The van der Waals surface area contributed by atoms with Crippen LogP contribution in [0.4, 0.5) is 5.82 Å². The van der Waals surface area contributed by atoms with Gasteiger partial charge in [0, 0.05) is 0 Å². The highest BCUT2D eigenvalue weighted by atomic mass is 35.5. The van der Waals surface area contributed by atoms with E-state index in [0.717, 1.165) is 5.56 Å². The number of aromatic amines is 1. The fourth-order valence-corrected chi connectivity index (χ4v) is 2.14.